The molecule has 0 saturated carbocycles. The summed E-state index contributed by atoms with van der Waals surface area (Å²) in [6.07, 6.45) is 0. The fourth-order valence-corrected chi connectivity index (χ4v) is 2.56. The number of aromatic nitrogens is 2. The van der Waals surface area contributed by atoms with Crippen molar-refractivity contribution in [2.24, 2.45) is 7.05 Å². The first kappa shape index (κ1) is 12.2. The molecule has 3 heteroatoms. The Hall–Kier alpha value is -1.28. The van der Waals surface area contributed by atoms with E-state index in [1.807, 2.05) is 36.0 Å². The van der Waals surface area contributed by atoms with Gasteiger partial charge in [-0.1, -0.05) is 43.6 Å². The minimum Gasteiger partial charge on any atom is -0.267 e. The zero-order valence-electron chi connectivity index (χ0n) is 10.7. The first-order valence-corrected chi connectivity index (χ1v) is 6.18. The van der Waals surface area contributed by atoms with Crippen LogP contribution in [-0.4, -0.2) is 9.78 Å². The van der Waals surface area contributed by atoms with Gasteiger partial charge in [0.25, 0.3) is 0 Å². The molecule has 0 radical (unpaired) electrons. The SMILES string of the molecule is Cc1nn(C)c(-c2ccccc2Cl)c1C(C)C. The number of benzene rings is 1. The fourth-order valence-electron chi connectivity index (χ4n) is 2.34. The van der Waals surface area contributed by atoms with Gasteiger partial charge in [-0.3, -0.25) is 4.68 Å². The van der Waals surface area contributed by atoms with Crippen LogP contribution in [0.3, 0.4) is 0 Å². The van der Waals surface area contributed by atoms with Gasteiger partial charge in [0.05, 0.1) is 11.4 Å². The minimum atomic E-state index is 0.440. The van der Waals surface area contributed by atoms with Crippen LogP contribution in [0.15, 0.2) is 24.3 Å². The lowest BCUT2D eigenvalue weighted by Gasteiger charge is -2.11. The van der Waals surface area contributed by atoms with Crippen LogP contribution >= 0.6 is 11.6 Å². The molecule has 1 heterocycles. The van der Waals surface area contributed by atoms with Gasteiger partial charge in [-0.15, -0.1) is 0 Å². The Morgan fingerprint density at radius 2 is 1.88 bits per heavy atom. The predicted molar refractivity (Wildman–Crippen MR) is 72.5 cm³/mol. The van der Waals surface area contributed by atoms with Crippen molar-refractivity contribution in [1.29, 1.82) is 0 Å². The first-order valence-electron chi connectivity index (χ1n) is 5.80. The number of rotatable bonds is 2. The van der Waals surface area contributed by atoms with Crippen molar-refractivity contribution in [2.45, 2.75) is 26.7 Å². The lowest BCUT2D eigenvalue weighted by Crippen LogP contribution is -1.97. The summed E-state index contributed by atoms with van der Waals surface area (Å²) in [7, 11) is 1.97. The maximum absolute atomic E-state index is 6.28. The van der Waals surface area contributed by atoms with Crippen molar-refractivity contribution in [1.82, 2.24) is 9.78 Å². The van der Waals surface area contributed by atoms with E-state index in [2.05, 4.69) is 25.9 Å². The second-order valence-electron chi connectivity index (χ2n) is 4.61. The number of hydrogen-bond donors (Lipinski definition) is 0. The van der Waals surface area contributed by atoms with Gasteiger partial charge in [0.15, 0.2) is 0 Å². The molecule has 0 saturated heterocycles. The highest BCUT2D eigenvalue weighted by Crippen LogP contribution is 2.35. The molecule has 0 bridgehead atoms. The van der Waals surface area contributed by atoms with E-state index in [0.717, 1.165) is 22.0 Å². The Bertz CT molecular complexity index is 541. The molecule has 1 aromatic carbocycles. The van der Waals surface area contributed by atoms with Crippen molar-refractivity contribution >= 4 is 11.6 Å². The van der Waals surface area contributed by atoms with E-state index >= 15 is 0 Å². The van der Waals surface area contributed by atoms with E-state index in [9.17, 15) is 0 Å². The van der Waals surface area contributed by atoms with Gasteiger partial charge in [0.2, 0.25) is 0 Å². The summed E-state index contributed by atoms with van der Waals surface area (Å²) in [5, 5.41) is 5.28. The van der Waals surface area contributed by atoms with Crippen LogP contribution in [0.25, 0.3) is 11.3 Å². The maximum atomic E-state index is 6.28. The van der Waals surface area contributed by atoms with Crippen molar-refractivity contribution < 1.29 is 0 Å². The van der Waals surface area contributed by atoms with Crippen LogP contribution in [0.2, 0.25) is 5.02 Å². The van der Waals surface area contributed by atoms with Crippen LogP contribution in [0.5, 0.6) is 0 Å². The summed E-state index contributed by atoms with van der Waals surface area (Å²) in [4.78, 5) is 0. The molecule has 0 fully saturated rings. The second kappa shape index (κ2) is 4.53. The van der Waals surface area contributed by atoms with Crippen LogP contribution < -0.4 is 0 Å². The maximum Gasteiger partial charge on any atom is 0.0731 e. The molecular weight excluding hydrogens is 232 g/mol. The van der Waals surface area contributed by atoms with E-state index < -0.39 is 0 Å². The lowest BCUT2D eigenvalue weighted by atomic mass is 9.97. The molecule has 0 aliphatic carbocycles. The molecule has 0 spiro atoms. The molecule has 2 rings (SSSR count). The Labute approximate surface area is 107 Å². The van der Waals surface area contributed by atoms with Crippen molar-refractivity contribution in [3.8, 4) is 11.3 Å². The highest BCUT2D eigenvalue weighted by Gasteiger charge is 2.18. The third kappa shape index (κ3) is 2.09. The van der Waals surface area contributed by atoms with Gasteiger partial charge in [0.1, 0.15) is 0 Å². The van der Waals surface area contributed by atoms with E-state index in [1.54, 1.807) is 0 Å². The predicted octanol–water partition coefficient (Wildman–Crippen LogP) is 4.17. The van der Waals surface area contributed by atoms with Gasteiger partial charge in [-0.2, -0.15) is 5.10 Å². The van der Waals surface area contributed by atoms with Gasteiger partial charge < -0.3 is 0 Å². The third-order valence-corrected chi connectivity index (χ3v) is 3.30. The molecule has 0 aliphatic heterocycles. The monoisotopic (exact) mass is 248 g/mol. The molecule has 2 nitrogen and oxygen atoms in total. The summed E-state index contributed by atoms with van der Waals surface area (Å²) in [5.41, 5.74) is 4.54. The molecule has 2 aromatic rings. The molecule has 17 heavy (non-hydrogen) atoms. The molecule has 90 valence electrons. The summed E-state index contributed by atoms with van der Waals surface area (Å²) in [6, 6.07) is 7.92. The lowest BCUT2D eigenvalue weighted by molar-refractivity contribution is 0.764. The Kier molecular flexibility index (Phi) is 3.25. The second-order valence-corrected chi connectivity index (χ2v) is 5.01. The smallest absolute Gasteiger partial charge is 0.0731 e. The van der Waals surface area contributed by atoms with Crippen LogP contribution in [0, 0.1) is 6.92 Å². The van der Waals surface area contributed by atoms with Gasteiger partial charge in [-0.05, 0) is 18.9 Å². The van der Waals surface area contributed by atoms with Crippen LogP contribution in [-0.2, 0) is 7.05 Å². The van der Waals surface area contributed by atoms with Crippen molar-refractivity contribution in [2.75, 3.05) is 0 Å². The van der Waals surface area contributed by atoms with Crippen molar-refractivity contribution in [3.05, 3.63) is 40.5 Å². The number of halogens is 1. The number of hydrogen-bond acceptors (Lipinski definition) is 1. The summed E-state index contributed by atoms with van der Waals surface area (Å²) in [6.45, 7) is 6.42. The summed E-state index contributed by atoms with van der Waals surface area (Å²) < 4.78 is 1.92. The van der Waals surface area contributed by atoms with E-state index in [0.29, 0.717) is 5.92 Å². The first-order chi connectivity index (χ1) is 8.02. The zero-order chi connectivity index (χ0) is 12.6. The number of nitrogens with zero attached hydrogens (tertiary/aromatic N) is 2. The summed E-state index contributed by atoms with van der Waals surface area (Å²) in [5.74, 6) is 0.440. The quantitative estimate of drug-likeness (QED) is 0.780. The van der Waals surface area contributed by atoms with E-state index in [4.69, 9.17) is 11.6 Å². The Morgan fingerprint density at radius 1 is 1.24 bits per heavy atom. The van der Waals surface area contributed by atoms with Crippen LogP contribution in [0.1, 0.15) is 31.0 Å². The van der Waals surface area contributed by atoms with Gasteiger partial charge in [0, 0.05) is 23.2 Å². The van der Waals surface area contributed by atoms with Crippen molar-refractivity contribution in [3.63, 3.8) is 0 Å². The third-order valence-electron chi connectivity index (χ3n) is 2.97. The average Bonchev–Trinajstić information content (AvgIpc) is 2.54. The van der Waals surface area contributed by atoms with Gasteiger partial charge >= 0.3 is 0 Å². The van der Waals surface area contributed by atoms with Crippen LogP contribution in [0.4, 0.5) is 0 Å². The largest absolute Gasteiger partial charge is 0.267 e. The molecule has 0 atom stereocenters. The minimum absolute atomic E-state index is 0.440. The standard InChI is InChI=1S/C14H17ClN2/c1-9(2)13-10(3)16-17(4)14(13)11-7-5-6-8-12(11)15/h5-9H,1-4H3. The van der Waals surface area contributed by atoms with E-state index in [-0.39, 0.29) is 0 Å². The average molecular weight is 249 g/mol. The highest BCUT2D eigenvalue weighted by molar-refractivity contribution is 6.33. The fraction of sp³-hybridized carbons (Fsp3) is 0.357. The zero-order valence-corrected chi connectivity index (χ0v) is 11.4. The molecule has 0 unspecified atom stereocenters. The Balaban J connectivity index is 2.71. The van der Waals surface area contributed by atoms with Gasteiger partial charge in [-0.25, -0.2) is 0 Å². The summed E-state index contributed by atoms with van der Waals surface area (Å²) >= 11 is 6.28. The topological polar surface area (TPSA) is 17.8 Å². The molecule has 0 aliphatic rings. The molecular formula is C14H17ClN2. The normalized spacial score (nSPS) is 11.2. The molecule has 0 amide bonds. The Morgan fingerprint density at radius 3 is 2.47 bits per heavy atom. The van der Waals surface area contributed by atoms with E-state index in [1.165, 1.54) is 5.56 Å². The molecule has 1 aromatic heterocycles. The highest BCUT2D eigenvalue weighted by atomic mass is 35.5. The molecule has 0 N–H and O–H groups in total. The number of aryl methyl sites for hydroxylation is 2.